The molecule has 0 saturated heterocycles. The Bertz CT molecular complexity index is 1120. The predicted octanol–water partition coefficient (Wildman–Crippen LogP) is 4.53. The monoisotopic (exact) mass is 545 g/mol. The zero-order valence-electron chi connectivity index (χ0n) is 23.4. The maximum atomic E-state index is 13.5. The summed E-state index contributed by atoms with van der Waals surface area (Å²) < 4.78 is 31.6. The van der Waals surface area contributed by atoms with Crippen LogP contribution in [0.5, 0.6) is 5.75 Å². The van der Waals surface area contributed by atoms with Crippen LogP contribution in [-0.4, -0.2) is 57.6 Å². The molecule has 0 spiro atoms. The highest BCUT2D eigenvalue weighted by atomic mass is 32.2. The van der Waals surface area contributed by atoms with Crippen LogP contribution in [0.25, 0.3) is 0 Å². The van der Waals surface area contributed by atoms with E-state index in [1.54, 1.807) is 24.1 Å². The van der Waals surface area contributed by atoms with E-state index < -0.39 is 16.1 Å². The number of unbranched alkanes of at least 4 members (excludes halogenated alkanes) is 1. The Kier molecular flexibility index (Phi) is 12.6. The third-order valence-electron chi connectivity index (χ3n) is 6.51. The van der Waals surface area contributed by atoms with Crippen LogP contribution in [0.15, 0.2) is 48.5 Å². The molecule has 0 bridgehead atoms. The third kappa shape index (κ3) is 9.35. The van der Waals surface area contributed by atoms with Crippen molar-refractivity contribution in [2.75, 3.05) is 30.8 Å². The topological polar surface area (TPSA) is 96.0 Å². The number of rotatable bonds is 16. The molecule has 38 heavy (non-hydrogen) atoms. The Morgan fingerprint density at radius 2 is 1.58 bits per heavy atom. The molecule has 0 saturated carbocycles. The molecule has 9 heteroatoms. The van der Waals surface area contributed by atoms with Gasteiger partial charge in [0.1, 0.15) is 11.8 Å². The number of methoxy groups -OCH3 is 1. The minimum Gasteiger partial charge on any atom is -0.497 e. The second kappa shape index (κ2) is 15.4. The van der Waals surface area contributed by atoms with Crippen molar-refractivity contribution in [3.8, 4) is 5.75 Å². The van der Waals surface area contributed by atoms with Gasteiger partial charge in [0.15, 0.2) is 0 Å². The first-order chi connectivity index (χ1) is 18.1. The van der Waals surface area contributed by atoms with E-state index in [0.717, 1.165) is 30.4 Å². The first-order valence-corrected chi connectivity index (χ1v) is 15.3. The molecule has 1 N–H and O–H groups in total. The molecule has 0 heterocycles. The highest BCUT2D eigenvalue weighted by Gasteiger charge is 2.28. The van der Waals surface area contributed by atoms with Crippen molar-refractivity contribution < 1.29 is 22.7 Å². The van der Waals surface area contributed by atoms with Gasteiger partial charge in [0.25, 0.3) is 0 Å². The molecule has 0 radical (unpaired) electrons. The van der Waals surface area contributed by atoms with Gasteiger partial charge in [0, 0.05) is 26.1 Å². The van der Waals surface area contributed by atoms with Crippen LogP contribution in [0.1, 0.15) is 64.0 Å². The number of carbonyl (C=O) groups excluding carboxylic acids is 2. The van der Waals surface area contributed by atoms with Gasteiger partial charge in [-0.1, -0.05) is 51.5 Å². The number of sulfonamides is 1. The lowest BCUT2D eigenvalue weighted by Gasteiger charge is -2.31. The minimum absolute atomic E-state index is 0.119. The quantitative estimate of drug-likeness (QED) is 0.313. The van der Waals surface area contributed by atoms with Gasteiger partial charge in [0.2, 0.25) is 21.8 Å². The molecule has 0 aliphatic carbocycles. The molecule has 2 aromatic rings. The molecule has 0 fully saturated rings. The molecular formula is C29H43N3O5S. The molecular weight excluding hydrogens is 502 g/mol. The van der Waals surface area contributed by atoms with Crippen LogP contribution >= 0.6 is 0 Å². The SMILES string of the molecule is CCCCNC(=O)[C@H](CC)N(Cc1ccc(OC)cc1)C(=O)CCCN(c1ccc(CC)cc1)S(C)(=O)=O. The summed E-state index contributed by atoms with van der Waals surface area (Å²) in [4.78, 5) is 28.1. The van der Waals surface area contributed by atoms with Gasteiger partial charge in [0.05, 0.1) is 19.1 Å². The Labute approximate surface area is 228 Å². The lowest BCUT2D eigenvalue weighted by Crippen LogP contribution is -2.49. The molecule has 0 unspecified atom stereocenters. The van der Waals surface area contributed by atoms with E-state index in [9.17, 15) is 18.0 Å². The van der Waals surface area contributed by atoms with Gasteiger partial charge < -0.3 is 15.0 Å². The summed E-state index contributed by atoms with van der Waals surface area (Å²) in [6, 6.07) is 14.2. The largest absolute Gasteiger partial charge is 0.497 e. The number of aryl methyl sites for hydroxylation is 1. The number of ether oxygens (including phenoxy) is 1. The second-order valence-corrected chi connectivity index (χ2v) is 11.3. The summed E-state index contributed by atoms with van der Waals surface area (Å²) in [6.07, 6.45) is 4.79. The number of nitrogens with zero attached hydrogens (tertiary/aromatic N) is 2. The minimum atomic E-state index is -3.53. The van der Waals surface area contributed by atoms with Crippen LogP contribution in [0.2, 0.25) is 0 Å². The Balaban J connectivity index is 2.19. The molecule has 2 aromatic carbocycles. The molecule has 210 valence electrons. The number of hydrogen-bond acceptors (Lipinski definition) is 5. The van der Waals surface area contributed by atoms with E-state index in [-0.39, 0.29) is 31.3 Å². The fourth-order valence-electron chi connectivity index (χ4n) is 4.26. The zero-order valence-corrected chi connectivity index (χ0v) is 24.2. The Morgan fingerprint density at radius 3 is 2.11 bits per heavy atom. The average Bonchev–Trinajstić information content (AvgIpc) is 2.90. The highest BCUT2D eigenvalue weighted by molar-refractivity contribution is 7.92. The van der Waals surface area contributed by atoms with Crippen LogP contribution < -0.4 is 14.4 Å². The van der Waals surface area contributed by atoms with Crippen molar-refractivity contribution >= 4 is 27.5 Å². The first kappa shape index (κ1) is 31.1. The molecule has 2 amide bonds. The average molecular weight is 546 g/mol. The fourth-order valence-corrected chi connectivity index (χ4v) is 5.22. The van der Waals surface area contributed by atoms with Crippen molar-refractivity contribution in [1.29, 1.82) is 0 Å². The first-order valence-electron chi connectivity index (χ1n) is 13.4. The number of benzene rings is 2. The molecule has 0 aromatic heterocycles. The number of amides is 2. The van der Waals surface area contributed by atoms with Crippen LogP contribution in [0, 0.1) is 0 Å². The van der Waals surface area contributed by atoms with Gasteiger partial charge >= 0.3 is 0 Å². The highest BCUT2D eigenvalue weighted by Crippen LogP contribution is 2.21. The maximum absolute atomic E-state index is 13.5. The number of hydrogen-bond donors (Lipinski definition) is 1. The third-order valence-corrected chi connectivity index (χ3v) is 7.71. The van der Waals surface area contributed by atoms with E-state index in [1.807, 2.05) is 50.2 Å². The summed E-state index contributed by atoms with van der Waals surface area (Å²) in [5.74, 6) is 0.355. The normalized spacial score (nSPS) is 12.0. The van der Waals surface area contributed by atoms with Crippen molar-refractivity contribution in [2.24, 2.45) is 0 Å². The number of carbonyl (C=O) groups is 2. The lowest BCUT2D eigenvalue weighted by molar-refractivity contribution is -0.141. The smallest absolute Gasteiger partial charge is 0.242 e. The molecule has 1 atom stereocenters. The zero-order chi connectivity index (χ0) is 28.1. The number of nitrogens with one attached hydrogen (secondary N) is 1. The predicted molar refractivity (Wildman–Crippen MR) is 153 cm³/mol. The summed E-state index contributed by atoms with van der Waals surface area (Å²) >= 11 is 0. The molecule has 0 aliphatic rings. The molecule has 8 nitrogen and oxygen atoms in total. The van der Waals surface area contributed by atoms with Gasteiger partial charge in [-0.05, 0) is 61.1 Å². The van der Waals surface area contributed by atoms with E-state index in [2.05, 4.69) is 12.2 Å². The van der Waals surface area contributed by atoms with E-state index in [1.165, 1.54) is 10.6 Å². The van der Waals surface area contributed by atoms with Gasteiger partial charge in [-0.25, -0.2) is 8.42 Å². The van der Waals surface area contributed by atoms with Crippen LogP contribution in [-0.2, 0) is 32.6 Å². The summed E-state index contributed by atoms with van der Waals surface area (Å²) in [5, 5.41) is 2.96. The van der Waals surface area contributed by atoms with E-state index in [4.69, 9.17) is 4.74 Å². The molecule has 0 aliphatic heterocycles. The standard InChI is InChI=1S/C29H43N3O5S/c1-6-9-20-30-29(34)27(8-3)31(22-24-14-18-26(37-4)19-15-24)28(33)11-10-21-32(38(5,35)36)25-16-12-23(7-2)13-17-25/h12-19,27H,6-11,20-22H2,1-5H3,(H,30,34)/t27-/m0/s1. The van der Waals surface area contributed by atoms with E-state index >= 15 is 0 Å². The van der Waals surface area contributed by atoms with Crippen molar-refractivity contribution in [3.05, 3.63) is 59.7 Å². The Morgan fingerprint density at radius 1 is 0.947 bits per heavy atom. The second-order valence-electron chi connectivity index (χ2n) is 9.40. The van der Waals surface area contributed by atoms with Gasteiger partial charge in [-0.3, -0.25) is 13.9 Å². The maximum Gasteiger partial charge on any atom is 0.242 e. The lowest BCUT2D eigenvalue weighted by atomic mass is 10.1. The summed E-state index contributed by atoms with van der Waals surface area (Å²) in [7, 11) is -1.93. The van der Waals surface area contributed by atoms with Crippen molar-refractivity contribution in [2.45, 2.75) is 71.9 Å². The van der Waals surface area contributed by atoms with Crippen LogP contribution in [0.4, 0.5) is 5.69 Å². The number of anilines is 1. The molecule has 2 rings (SSSR count). The van der Waals surface area contributed by atoms with Gasteiger partial charge in [-0.15, -0.1) is 0 Å². The van der Waals surface area contributed by atoms with E-state index in [0.29, 0.717) is 30.8 Å². The Hall–Kier alpha value is -3.07. The fraction of sp³-hybridized carbons (Fsp3) is 0.517. The van der Waals surface area contributed by atoms with Gasteiger partial charge in [-0.2, -0.15) is 0 Å². The van der Waals surface area contributed by atoms with Crippen molar-refractivity contribution in [3.63, 3.8) is 0 Å². The van der Waals surface area contributed by atoms with Crippen LogP contribution in [0.3, 0.4) is 0 Å². The summed E-state index contributed by atoms with van der Waals surface area (Å²) in [5.41, 5.74) is 2.58. The summed E-state index contributed by atoms with van der Waals surface area (Å²) in [6.45, 7) is 7.00. The van der Waals surface area contributed by atoms with Crippen molar-refractivity contribution in [1.82, 2.24) is 10.2 Å².